The highest BCUT2D eigenvalue weighted by molar-refractivity contribution is 5.95. The van der Waals surface area contributed by atoms with Crippen LogP contribution in [0.15, 0.2) is 79.1 Å². The van der Waals surface area contributed by atoms with Gasteiger partial charge in [-0.25, -0.2) is 14.6 Å². The number of carbonyl (C=O) groups is 1. The average molecular weight is 451 g/mol. The first-order valence-electron chi connectivity index (χ1n) is 10.8. The number of aryl methyl sites for hydroxylation is 1. The van der Waals surface area contributed by atoms with Crippen LogP contribution in [0.3, 0.4) is 0 Å². The number of methoxy groups -OCH3 is 1. The fraction of sp³-hybridized carbons (Fsp3) is 0.115. The van der Waals surface area contributed by atoms with E-state index in [1.807, 2.05) is 61.5 Å². The molecular formula is C26H22N6O2. The molecule has 1 N–H and O–H groups in total. The molecule has 168 valence electrons. The van der Waals surface area contributed by atoms with Crippen molar-refractivity contribution >= 4 is 22.5 Å². The van der Waals surface area contributed by atoms with Crippen LogP contribution >= 0.6 is 0 Å². The Hall–Kier alpha value is -4.59. The Bertz CT molecular complexity index is 1470. The second-order valence-electron chi connectivity index (χ2n) is 7.76. The number of hydrogen-bond donors (Lipinski definition) is 1. The first kappa shape index (κ1) is 21.3. The zero-order chi connectivity index (χ0) is 23.5. The second kappa shape index (κ2) is 9.11. The van der Waals surface area contributed by atoms with Crippen LogP contribution in [0, 0.1) is 6.92 Å². The van der Waals surface area contributed by atoms with Crippen molar-refractivity contribution in [3.63, 3.8) is 0 Å². The number of anilines is 1. The lowest BCUT2D eigenvalue weighted by Crippen LogP contribution is -2.15. The van der Waals surface area contributed by atoms with E-state index < -0.39 is 0 Å². The highest BCUT2D eigenvalue weighted by Crippen LogP contribution is 2.30. The standard InChI is InChI=1S/C26H22N6O2/c1-17-6-5-9-24(29-17)32-23(21-12-13-27-22-8-4-3-7-20(21)22)14-19(31-32)15-25(33)30-18-10-11-26(34-2)28-16-18/h3-14,16H,15H2,1-2H3,(H,30,33). The zero-order valence-electron chi connectivity index (χ0n) is 18.8. The molecule has 0 spiro atoms. The molecule has 0 aliphatic rings. The minimum atomic E-state index is -0.194. The topological polar surface area (TPSA) is 94.8 Å². The molecule has 0 radical (unpaired) electrons. The van der Waals surface area contributed by atoms with Crippen LogP contribution in [0.1, 0.15) is 11.4 Å². The van der Waals surface area contributed by atoms with E-state index >= 15 is 0 Å². The molecule has 34 heavy (non-hydrogen) atoms. The lowest BCUT2D eigenvalue weighted by Gasteiger charge is -2.09. The molecule has 4 heterocycles. The number of carbonyl (C=O) groups excluding carboxylic acids is 1. The van der Waals surface area contributed by atoms with Crippen molar-refractivity contribution in [2.24, 2.45) is 0 Å². The van der Waals surface area contributed by atoms with Gasteiger partial charge in [0.15, 0.2) is 5.82 Å². The minimum Gasteiger partial charge on any atom is -0.481 e. The number of nitrogens with one attached hydrogen (secondary N) is 1. The molecule has 0 saturated heterocycles. The Morgan fingerprint density at radius 1 is 1.03 bits per heavy atom. The quantitative estimate of drug-likeness (QED) is 0.413. The zero-order valence-corrected chi connectivity index (χ0v) is 18.8. The maximum absolute atomic E-state index is 12.8. The maximum atomic E-state index is 12.8. The number of hydrogen-bond acceptors (Lipinski definition) is 6. The largest absolute Gasteiger partial charge is 0.481 e. The van der Waals surface area contributed by atoms with Crippen LogP contribution < -0.4 is 10.1 Å². The third-order valence-corrected chi connectivity index (χ3v) is 5.35. The molecule has 5 aromatic rings. The van der Waals surface area contributed by atoms with Crippen molar-refractivity contribution < 1.29 is 9.53 Å². The summed E-state index contributed by atoms with van der Waals surface area (Å²) in [6.07, 6.45) is 3.43. The highest BCUT2D eigenvalue weighted by atomic mass is 16.5. The predicted octanol–water partition coefficient (Wildman–Crippen LogP) is 4.38. The molecule has 1 aromatic carbocycles. The molecule has 8 nitrogen and oxygen atoms in total. The van der Waals surface area contributed by atoms with Gasteiger partial charge in [-0.05, 0) is 43.3 Å². The van der Waals surface area contributed by atoms with Gasteiger partial charge in [-0.1, -0.05) is 24.3 Å². The van der Waals surface area contributed by atoms with Gasteiger partial charge in [0, 0.05) is 28.9 Å². The van der Waals surface area contributed by atoms with Gasteiger partial charge in [0.25, 0.3) is 0 Å². The maximum Gasteiger partial charge on any atom is 0.230 e. The fourth-order valence-corrected chi connectivity index (χ4v) is 3.79. The second-order valence-corrected chi connectivity index (χ2v) is 7.76. The lowest BCUT2D eigenvalue weighted by atomic mass is 10.1. The Morgan fingerprint density at radius 3 is 2.71 bits per heavy atom. The van der Waals surface area contributed by atoms with Gasteiger partial charge >= 0.3 is 0 Å². The van der Waals surface area contributed by atoms with E-state index in [1.54, 1.807) is 36.3 Å². The van der Waals surface area contributed by atoms with E-state index in [0.717, 1.165) is 27.9 Å². The first-order chi connectivity index (χ1) is 16.6. The Balaban J connectivity index is 1.52. The van der Waals surface area contributed by atoms with Crippen molar-refractivity contribution in [2.75, 3.05) is 12.4 Å². The molecule has 0 aliphatic carbocycles. The van der Waals surface area contributed by atoms with Gasteiger partial charge in [-0.2, -0.15) is 5.10 Å². The minimum absolute atomic E-state index is 0.0981. The lowest BCUT2D eigenvalue weighted by molar-refractivity contribution is -0.115. The van der Waals surface area contributed by atoms with Gasteiger partial charge in [0.2, 0.25) is 11.8 Å². The summed E-state index contributed by atoms with van der Waals surface area (Å²) >= 11 is 0. The summed E-state index contributed by atoms with van der Waals surface area (Å²) in [5.74, 6) is 0.971. The number of aromatic nitrogens is 5. The van der Waals surface area contributed by atoms with Gasteiger partial charge in [-0.3, -0.25) is 9.78 Å². The highest BCUT2D eigenvalue weighted by Gasteiger charge is 2.17. The Labute approximate surface area is 196 Å². The van der Waals surface area contributed by atoms with Crippen LogP contribution in [-0.2, 0) is 11.2 Å². The first-order valence-corrected chi connectivity index (χ1v) is 10.8. The van der Waals surface area contributed by atoms with Crippen LogP contribution in [0.25, 0.3) is 28.0 Å². The molecule has 0 bridgehead atoms. The number of ether oxygens (including phenoxy) is 1. The smallest absolute Gasteiger partial charge is 0.230 e. The number of fused-ring (bicyclic) bond motifs is 1. The average Bonchev–Trinajstić information content (AvgIpc) is 3.27. The van der Waals surface area contributed by atoms with Gasteiger partial charge in [-0.15, -0.1) is 0 Å². The number of amides is 1. The number of benzene rings is 1. The summed E-state index contributed by atoms with van der Waals surface area (Å²) in [4.78, 5) is 26.0. The van der Waals surface area contributed by atoms with E-state index in [0.29, 0.717) is 23.1 Å². The summed E-state index contributed by atoms with van der Waals surface area (Å²) in [7, 11) is 1.55. The van der Waals surface area contributed by atoms with Gasteiger partial charge in [0.05, 0.1) is 42.3 Å². The summed E-state index contributed by atoms with van der Waals surface area (Å²) in [6, 6.07) is 21.1. The van der Waals surface area contributed by atoms with Crippen LogP contribution in [0.4, 0.5) is 5.69 Å². The van der Waals surface area contributed by atoms with Crippen LogP contribution in [0.5, 0.6) is 5.88 Å². The van der Waals surface area contributed by atoms with Crippen molar-refractivity contribution in [1.29, 1.82) is 0 Å². The van der Waals surface area contributed by atoms with Crippen molar-refractivity contribution in [3.05, 3.63) is 90.5 Å². The van der Waals surface area contributed by atoms with E-state index in [2.05, 4.69) is 20.3 Å². The van der Waals surface area contributed by atoms with Crippen molar-refractivity contribution in [3.8, 4) is 23.0 Å². The Kier molecular flexibility index (Phi) is 5.70. The van der Waals surface area contributed by atoms with Gasteiger partial charge in [0.1, 0.15) is 0 Å². The number of pyridine rings is 3. The monoisotopic (exact) mass is 450 g/mol. The third-order valence-electron chi connectivity index (χ3n) is 5.35. The summed E-state index contributed by atoms with van der Waals surface area (Å²) in [5, 5.41) is 8.61. The molecule has 0 unspecified atom stereocenters. The molecular weight excluding hydrogens is 428 g/mol. The molecule has 1 amide bonds. The normalized spacial score (nSPS) is 10.9. The summed E-state index contributed by atoms with van der Waals surface area (Å²) in [6.45, 7) is 1.94. The summed E-state index contributed by atoms with van der Waals surface area (Å²) in [5.41, 5.74) is 4.78. The van der Waals surface area contributed by atoms with E-state index in [4.69, 9.17) is 9.84 Å². The molecule has 4 aromatic heterocycles. The number of nitrogens with zero attached hydrogens (tertiary/aromatic N) is 5. The predicted molar refractivity (Wildman–Crippen MR) is 130 cm³/mol. The van der Waals surface area contributed by atoms with Crippen LogP contribution in [0.2, 0.25) is 0 Å². The number of para-hydroxylation sites is 1. The van der Waals surface area contributed by atoms with E-state index in [1.165, 1.54) is 0 Å². The SMILES string of the molecule is COc1ccc(NC(=O)Cc2cc(-c3ccnc4ccccc34)n(-c3cccc(C)n3)n2)cn1. The third kappa shape index (κ3) is 4.33. The fourth-order valence-electron chi connectivity index (χ4n) is 3.79. The van der Waals surface area contributed by atoms with Crippen molar-refractivity contribution in [2.45, 2.75) is 13.3 Å². The van der Waals surface area contributed by atoms with Gasteiger partial charge < -0.3 is 10.1 Å². The molecule has 0 fully saturated rings. The Morgan fingerprint density at radius 2 is 1.91 bits per heavy atom. The summed E-state index contributed by atoms with van der Waals surface area (Å²) < 4.78 is 6.85. The molecule has 0 saturated carbocycles. The molecule has 8 heteroatoms. The van der Waals surface area contributed by atoms with Crippen LogP contribution in [-0.4, -0.2) is 37.7 Å². The molecule has 0 atom stereocenters. The number of rotatable bonds is 6. The molecule has 0 aliphatic heterocycles. The van der Waals surface area contributed by atoms with Crippen molar-refractivity contribution in [1.82, 2.24) is 24.7 Å². The van der Waals surface area contributed by atoms with E-state index in [9.17, 15) is 4.79 Å². The molecule has 5 rings (SSSR count). The van der Waals surface area contributed by atoms with E-state index in [-0.39, 0.29) is 12.3 Å².